The molecule has 0 unspecified atom stereocenters. The molecule has 2 heterocycles. The van der Waals surface area contributed by atoms with Crippen LogP contribution in [0.5, 0.6) is 0 Å². The molecule has 0 bridgehead atoms. The number of rotatable bonds is 2. The zero-order valence-corrected chi connectivity index (χ0v) is 13.9. The summed E-state index contributed by atoms with van der Waals surface area (Å²) < 4.78 is 0. The molecule has 124 valence electrons. The third kappa shape index (κ3) is 2.35. The number of amides is 2. The van der Waals surface area contributed by atoms with Gasteiger partial charge in [0.2, 0.25) is 11.8 Å². The van der Waals surface area contributed by atoms with Gasteiger partial charge >= 0.3 is 0 Å². The summed E-state index contributed by atoms with van der Waals surface area (Å²) >= 11 is 0. The Labute approximate surface area is 141 Å². The number of piperazine rings is 1. The van der Waals surface area contributed by atoms with Crippen LogP contribution in [0, 0.1) is 5.41 Å². The van der Waals surface area contributed by atoms with Gasteiger partial charge in [-0.1, -0.05) is 25.5 Å². The first-order valence-electron chi connectivity index (χ1n) is 8.51. The highest BCUT2D eigenvalue weighted by Crippen LogP contribution is 2.42. The van der Waals surface area contributed by atoms with Crippen LogP contribution in [-0.4, -0.2) is 41.3 Å². The number of carbonyl (C=O) groups is 2. The second-order valence-corrected chi connectivity index (χ2v) is 7.06. The number of aromatic nitrogens is 1. The van der Waals surface area contributed by atoms with Gasteiger partial charge in [-0.2, -0.15) is 0 Å². The van der Waals surface area contributed by atoms with Crippen molar-refractivity contribution in [2.45, 2.75) is 26.2 Å². The number of nitrogens with zero attached hydrogens (tertiary/aromatic N) is 3. The lowest BCUT2D eigenvalue weighted by molar-refractivity contribution is -0.149. The summed E-state index contributed by atoms with van der Waals surface area (Å²) in [7, 11) is 0. The molecule has 1 aromatic heterocycles. The van der Waals surface area contributed by atoms with E-state index >= 15 is 0 Å². The van der Waals surface area contributed by atoms with Crippen LogP contribution in [-0.2, 0) is 9.59 Å². The fourth-order valence-corrected chi connectivity index (χ4v) is 3.74. The maximum atomic E-state index is 12.7. The monoisotopic (exact) mass is 323 g/mol. The van der Waals surface area contributed by atoms with Crippen LogP contribution >= 0.6 is 0 Å². The molecule has 2 amide bonds. The molecule has 2 fully saturated rings. The average molecular weight is 323 g/mol. The lowest BCUT2D eigenvalue weighted by Gasteiger charge is -2.43. The van der Waals surface area contributed by atoms with Crippen molar-refractivity contribution in [1.29, 1.82) is 0 Å². The van der Waals surface area contributed by atoms with E-state index in [0.29, 0.717) is 13.1 Å². The lowest BCUT2D eigenvalue weighted by Crippen LogP contribution is -2.56. The summed E-state index contributed by atoms with van der Waals surface area (Å²) in [5.41, 5.74) is 0.662. The second kappa shape index (κ2) is 5.58. The minimum Gasteiger partial charge on any atom is -0.331 e. The van der Waals surface area contributed by atoms with Crippen LogP contribution in [0.3, 0.4) is 0 Å². The molecular weight excluding hydrogens is 302 g/mol. The third-order valence-electron chi connectivity index (χ3n) is 5.43. The Morgan fingerprint density at radius 2 is 2.04 bits per heavy atom. The number of benzene rings is 1. The van der Waals surface area contributed by atoms with E-state index in [-0.39, 0.29) is 23.8 Å². The summed E-state index contributed by atoms with van der Waals surface area (Å²) in [5, 5.41) is 2.04. The summed E-state index contributed by atoms with van der Waals surface area (Å²) in [5.74, 6) is 0.130. The predicted molar refractivity (Wildman–Crippen MR) is 92.6 cm³/mol. The second-order valence-electron chi connectivity index (χ2n) is 7.06. The molecule has 0 N–H and O–H groups in total. The van der Waals surface area contributed by atoms with E-state index in [1.165, 1.54) is 0 Å². The molecule has 0 spiro atoms. The topological polar surface area (TPSA) is 53.5 Å². The van der Waals surface area contributed by atoms with Crippen molar-refractivity contribution >= 4 is 28.3 Å². The molecule has 1 saturated heterocycles. The van der Waals surface area contributed by atoms with Crippen molar-refractivity contribution in [2.24, 2.45) is 5.41 Å². The predicted octanol–water partition coefficient (Wildman–Crippen LogP) is 2.60. The van der Waals surface area contributed by atoms with E-state index in [9.17, 15) is 9.59 Å². The Morgan fingerprint density at radius 3 is 2.75 bits per heavy atom. The molecule has 4 rings (SSSR count). The van der Waals surface area contributed by atoms with E-state index in [1.54, 1.807) is 22.2 Å². The number of fused-ring (bicyclic) bond motifs is 1. The molecule has 5 nitrogen and oxygen atoms in total. The van der Waals surface area contributed by atoms with E-state index in [1.807, 2.05) is 31.2 Å². The Morgan fingerprint density at radius 1 is 1.21 bits per heavy atom. The van der Waals surface area contributed by atoms with Crippen molar-refractivity contribution in [3.63, 3.8) is 0 Å². The van der Waals surface area contributed by atoms with Gasteiger partial charge in [0.15, 0.2) is 0 Å². The van der Waals surface area contributed by atoms with Gasteiger partial charge in [-0.25, -0.2) is 0 Å². The Balaban J connectivity index is 1.57. The molecule has 2 aliphatic rings. The molecular formula is C19H21N3O2. The normalized spacial score (nSPS) is 20.1. The molecule has 1 saturated carbocycles. The van der Waals surface area contributed by atoms with Crippen LogP contribution in [0.2, 0.25) is 0 Å². The first-order chi connectivity index (χ1) is 11.6. The first kappa shape index (κ1) is 15.1. The molecule has 1 aromatic carbocycles. The highest BCUT2D eigenvalue weighted by molar-refractivity contribution is 6.05. The van der Waals surface area contributed by atoms with Crippen LogP contribution in [0.1, 0.15) is 26.2 Å². The maximum absolute atomic E-state index is 12.7. The van der Waals surface area contributed by atoms with Crippen molar-refractivity contribution in [1.82, 2.24) is 9.88 Å². The zero-order valence-electron chi connectivity index (χ0n) is 13.9. The first-order valence-corrected chi connectivity index (χ1v) is 8.51. The molecule has 5 heteroatoms. The van der Waals surface area contributed by atoms with E-state index < -0.39 is 0 Å². The number of hydrogen-bond donors (Lipinski definition) is 0. The highest BCUT2D eigenvalue weighted by Gasteiger charge is 2.43. The highest BCUT2D eigenvalue weighted by atomic mass is 16.2. The molecule has 0 atom stereocenters. The van der Waals surface area contributed by atoms with Gasteiger partial charge in [-0.05, 0) is 25.0 Å². The molecule has 2 aromatic rings. The van der Waals surface area contributed by atoms with Crippen molar-refractivity contribution in [3.05, 3.63) is 36.7 Å². The fourth-order valence-electron chi connectivity index (χ4n) is 3.74. The number of hydrogen-bond acceptors (Lipinski definition) is 3. The lowest BCUT2D eigenvalue weighted by atomic mass is 9.69. The van der Waals surface area contributed by atoms with E-state index in [4.69, 9.17) is 0 Å². The average Bonchev–Trinajstić information content (AvgIpc) is 2.58. The third-order valence-corrected chi connectivity index (χ3v) is 5.43. The van der Waals surface area contributed by atoms with Gasteiger partial charge in [-0.3, -0.25) is 14.6 Å². The SMILES string of the molecule is CC1(C(=O)N2CCN(c3cccc4cnccc34)C(=O)C2)CCC1. The van der Waals surface area contributed by atoms with E-state index in [2.05, 4.69) is 4.98 Å². The Hall–Kier alpha value is -2.43. The molecule has 24 heavy (non-hydrogen) atoms. The largest absolute Gasteiger partial charge is 0.331 e. The van der Waals surface area contributed by atoms with Crippen LogP contribution < -0.4 is 4.90 Å². The number of anilines is 1. The number of pyridine rings is 1. The summed E-state index contributed by atoms with van der Waals surface area (Å²) in [6.45, 7) is 3.34. The van der Waals surface area contributed by atoms with Gasteiger partial charge in [0.05, 0.1) is 5.69 Å². The maximum Gasteiger partial charge on any atom is 0.246 e. The quantitative estimate of drug-likeness (QED) is 0.853. The van der Waals surface area contributed by atoms with Crippen molar-refractivity contribution in [3.8, 4) is 0 Å². The van der Waals surface area contributed by atoms with Crippen LogP contribution in [0.25, 0.3) is 10.8 Å². The van der Waals surface area contributed by atoms with Crippen LogP contribution in [0.4, 0.5) is 5.69 Å². The summed E-state index contributed by atoms with van der Waals surface area (Å²) in [4.78, 5) is 33.0. The Bertz CT molecular complexity index is 808. The fraction of sp³-hybridized carbons (Fsp3) is 0.421. The van der Waals surface area contributed by atoms with Gasteiger partial charge in [-0.15, -0.1) is 0 Å². The van der Waals surface area contributed by atoms with Gasteiger partial charge in [0.1, 0.15) is 6.54 Å². The summed E-state index contributed by atoms with van der Waals surface area (Å²) in [6.07, 6.45) is 6.54. The Kier molecular flexibility index (Phi) is 3.52. The van der Waals surface area contributed by atoms with Gasteiger partial charge < -0.3 is 9.80 Å². The van der Waals surface area contributed by atoms with E-state index in [0.717, 1.165) is 35.7 Å². The summed E-state index contributed by atoms with van der Waals surface area (Å²) in [6, 6.07) is 7.84. The molecule has 1 aliphatic heterocycles. The van der Waals surface area contributed by atoms with Crippen molar-refractivity contribution < 1.29 is 9.59 Å². The number of carbonyl (C=O) groups excluding carboxylic acids is 2. The zero-order chi connectivity index (χ0) is 16.7. The van der Waals surface area contributed by atoms with Gasteiger partial charge in [0, 0.05) is 41.7 Å². The molecule has 1 aliphatic carbocycles. The van der Waals surface area contributed by atoms with Gasteiger partial charge in [0.25, 0.3) is 0 Å². The minimum absolute atomic E-state index is 0.0122. The molecule has 0 radical (unpaired) electrons. The minimum atomic E-state index is -0.242. The van der Waals surface area contributed by atoms with Crippen molar-refractivity contribution in [2.75, 3.05) is 24.5 Å². The standard InChI is InChI=1S/C19H21N3O2/c1-19(7-3-8-19)18(24)21-10-11-22(17(23)13-21)16-5-2-4-14-12-20-9-6-15(14)16/h2,4-6,9,12H,3,7-8,10-11,13H2,1H3. The smallest absolute Gasteiger partial charge is 0.246 e. The van der Waals surface area contributed by atoms with Crippen LogP contribution in [0.15, 0.2) is 36.7 Å².